The van der Waals surface area contributed by atoms with E-state index in [-0.39, 0.29) is 30.3 Å². The molecular formula is C32H39ClN4O4. The quantitative estimate of drug-likeness (QED) is 0.387. The number of aromatic nitrogens is 1. The van der Waals surface area contributed by atoms with Gasteiger partial charge in [0.25, 0.3) is 0 Å². The van der Waals surface area contributed by atoms with Gasteiger partial charge in [0.1, 0.15) is 12.3 Å². The van der Waals surface area contributed by atoms with Crippen LogP contribution in [0.15, 0.2) is 35.9 Å². The summed E-state index contributed by atoms with van der Waals surface area (Å²) in [6.07, 6.45) is 7.97. The number of halogens is 1. The van der Waals surface area contributed by atoms with Gasteiger partial charge < -0.3 is 24.4 Å². The van der Waals surface area contributed by atoms with Crippen LogP contribution in [-0.4, -0.2) is 72.3 Å². The number of nitrogens with one attached hydrogen (secondary N) is 1. The topological polar surface area (TPSA) is 83.9 Å². The van der Waals surface area contributed by atoms with Gasteiger partial charge in [-0.05, 0) is 68.0 Å². The summed E-state index contributed by atoms with van der Waals surface area (Å²) in [7, 11) is 3.90. The van der Waals surface area contributed by atoms with Gasteiger partial charge in [-0.2, -0.15) is 0 Å². The molecule has 1 atom stereocenters. The Morgan fingerprint density at radius 2 is 1.98 bits per heavy atom. The van der Waals surface area contributed by atoms with Crippen molar-refractivity contribution in [3.05, 3.63) is 69.5 Å². The zero-order valence-corrected chi connectivity index (χ0v) is 24.9. The molecule has 3 heterocycles. The molecule has 1 saturated carbocycles. The van der Waals surface area contributed by atoms with Gasteiger partial charge in [0, 0.05) is 59.6 Å². The van der Waals surface area contributed by atoms with Crippen LogP contribution in [0.1, 0.15) is 76.5 Å². The third-order valence-electron chi connectivity index (χ3n) is 8.44. The molecule has 2 aliphatic carbocycles. The number of hydrogen-bond acceptors (Lipinski definition) is 5. The van der Waals surface area contributed by atoms with Crippen LogP contribution >= 0.6 is 11.6 Å². The molecule has 41 heavy (non-hydrogen) atoms. The Balaban J connectivity index is 0.000000216. The number of ether oxygens (including phenoxy) is 1. The number of hydrogen-bond donors (Lipinski definition) is 1. The maximum Gasteiger partial charge on any atom is 0.246 e. The first-order chi connectivity index (χ1) is 19.7. The number of fused-ring (bicyclic) bond motifs is 2. The minimum atomic E-state index is -0.117. The van der Waals surface area contributed by atoms with E-state index < -0.39 is 0 Å². The molecule has 8 nitrogen and oxygen atoms in total. The zero-order chi connectivity index (χ0) is 29.3. The van der Waals surface area contributed by atoms with Gasteiger partial charge in [0.15, 0.2) is 6.29 Å². The van der Waals surface area contributed by atoms with Gasteiger partial charge in [-0.3, -0.25) is 14.4 Å². The van der Waals surface area contributed by atoms with E-state index in [1.165, 1.54) is 17.2 Å². The Morgan fingerprint density at radius 3 is 2.63 bits per heavy atom. The smallest absolute Gasteiger partial charge is 0.246 e. The molecule has 2 aromatic rings. The second kappa shape index (κ2) is 12.2. The lowest BCUT2D eigenvalue weighted by molar-refractivity contribution is -0.133. The van der Waals surface area contributed by atoms with Gasteiger partial charge in [0.05, 0.1) is 13.2 Å². The molecule has 0 radical (unpaired) electrons. The van der Waals surface area contributed by atoms with Gasteiger partial charge in [-0.15, -0.1) is 0 Å². The largest absolute Gasteiger partial charge is 0.496 e. The number of benzene rings is 1. The van der Waals surface area contributed by atoms with Crippen LogP contribution in [0.4, 0.5) is 0 Å². The SMILES string of the molecule is C=CC(=O)N1CC(NC(=O)Cn2c3c(c(C=O)c2C2CC2)C=C(Cl)CC3C)C1.COc1cccc2c1CCN(C)C2. The minimum Gasteiger partial charge on any atom is -0.496 e. The van der Waals surface area contributed by atoms with Crippen LogP contribution in [0.2, 0.25) is 0 Å². The van der Waals surface area contributed by atoms with E-state index in [0.29, 0.717) is 31.0 Å². The lowest BCUT2D eigenvalue weighted by Crippen LogP contribution is -2.61. The van der Waals surface area contributed by atoms with E-state index in [1.54, 1.807) is 12.0 Å². The van der Waals surface area contributed by atoms with Crippen LogP contribution < -0.4 is 10.1 Å². The highest BCUT2D eigenvalue weighted by Crippen LogP contribution is 2.47. The number of likely N-dealkylation sites (N-methyl/N-ethyl adjacent to an activating group) is 1. The number of amides is 2. The molecule has 6 rings (SSSR count). The molecule has 9 heteroatoms. The first-order valence-electron chi connectivity index (χ1n) is 14.4. The molecule has 2 fully saturated rings. The second-order valence-electron chi connectivity index (χ2n) is 11.6. The Morgan fingerprint density at radius 1 is 1.22 bits per heavy atom. The summed E-state index contributed by atoms with van der Waals surface area (Å²) >= 11 is 6.29. The third-order valence-corrected chi connectivity index (χ3v) is 8.71. The molecule has 4 aliphatic rings. The maximum atomic E-state index is 12.7. The minimum absolute atomic E-state index is 0.0375. The van der Waals surface area contributed by atoms with Crippen LogP contribution in [0.5, 0.6) is 5.75 Å². The van der Waals surface area contributed by atoms with Crippen molar-refractivity contribution in [2.24, 2.45) is 0 Å². The number of methoxy groups -OCH3 is 1. The molecular weight excluding hydrogens is 540 g/mol. The second-order valence-corrected chi connectivity index (χ2v) is 12.1. The molecule has 1 aromatic heterocycles. The first kappa shape index (κ1) is 29.1. The molecule has 218 valence electrons. The highest BCUT2D eigenvalue weighted by molar-refractivity contribution is 6.32. The number of likely N-dealkylation sites (tertiary alicyclic amines) is 1. The van der Waals surface area contributed by atoms with E-state index in [2.05, 4.69) is 42.9 Å². The fraction of sp³-hybridized carbons (Fsp3) is 0.469. The fourth-order valence-corrected chi connectivity index (χ4v) is 6.62. The zero-order valence-electron chi connectivity index (χ0n) is 24.1. The van der Waals surface area contributed by atoms with Crippen LogP contribution in [0, 0.1) is 0 Å². The Labute approximate surface area is 247 Å². The van der Waals surface area contributed by atoms with Gasteiger partial charge in [-0.1, -0.05) is 37.2 Å². The van der Waals surface area contributed by atoms with Crippen molar-refractivity contribution in [1.29, 1.82) is 0 Å². The fourth-order valence-electron chi connectivity index (χ4n) is 6.28. The first-order valence-corrected chi connectivity index (χ1v) is 14.7. The molecule has 1 N–H and O–H groups in total. The van der Waals surface area contributed by atoms with Crippen LogP contribution in [0.3, 0.4) is 0 Å². The van der Waals surface area contributed by atoms with Crippen molar-refractivity contribution in [2.45, 2.75) is 63.6 Å². The molecule has 2 amide bonds. The number of carbonyl (C=O) groups is 3. The predicted octanol–water partition coefficient (Wildman–Crippen LogP) is 4.46. The number of nitrogens with zero attached hydrogens (tertiary/aromatic N) is 3. The van der Waals surface area contributed by atoms with E-state index >= 15 is 0 Å². The van der Waals surface area contributed by atoms with E-state index in [4.69, 9.17) is 16.3 Å². The van der Waals surface area contributed by atoms with E-state index in [0.717, 1.165) is 66.4 Å². The summed E-state index contributed by atoms with van der Waals surface area (Å²) in [5, 5.41) is 3.74. The van der Waals surface area contributed by atoms with Gasteiger partial charge in [-0.25, -0.2) is 0 Å². The number of carbonyl (C=O) groups excluding carboxylic acids is 3. The summed E-state index contributed by atoms with van der Waals surface area (Å²) < 4.78 is 7.37. The van der Waals surface area contributed by atoms with Crippen molar-refractivity contribution in [3.63, 3.8) is 0 Å². The highest BCUT2D eigenvalue weighted by atomic mass is 35.5. The average Bonchev–Trinajstić information content (AvgIpc) is 3.72. The number of rotatable bonds is 7. The van der Waals surface area contributed by atoms with Crippen LogP contribution in [-0.2, 0) is 29.1 Å². The highest BCUT2D eigenvalue weighted by Gasteiger charge is 2.37. The maximum absolute atomic E-state index is 12.7. The standard InChI is InChI=1S/C21H24ClN3O3.C11H15NO/c1-3-19(28)24-8-15(9-24)23-18(27)10-25-20-12(2)6-14(22)7-16(20)17(11-26)21(25)13-4-5-13;1-12-7-6-10-9(8-12)4-3-5-11(10)13-2/h3,7,11-13,15H,1,4-6,8-10H2,2H3,(H,23,27);3-5H,6-8H2,1-2H3. The van der Waals surface area contributed by atoms with Crippen molar-refractivity contribution in [2.75, 3.05) is 33.8 Å². The summed E-state index contributed by atoms with van der Waals surface area (Å²) in [5.41, 5.74) is 6.36. The Bertz CT molecular complexity index is 1390. The summed E-state index contributed by atoms with van der Waals surface area (Å²) in [6, 6.07) is 6.26. The van der Waals surface area contributed by atoms with Crippen molar-refractivity contribution < 1.29 is 19.1 Å². The number of allylic oxidation sites excluding steroid dienone is 1. The predicted molar refractivity (Wildman–Crippen MR) is 160 cm³/mol. The third kappa shape index (κ3) is 6.14. The van der Waals surface area contributed by atoms with E-state index in [1.807, 2.05) is 16.7 Å². The summed E-state index contributed by atoms with van der Waals surface area (Å²) in [5.74, 6) is 1.32. The Kier molecular flexibility index (Phi) is 8.71. The van der Waals surface area contributed by atoms with Crippen molar-refractivity contribution in [1.82, 2.24) is 19.7 Å². The summed E-state index contributed by atoms with van der Waals surface area (Å²) in [4.78, 5) is 40.1. The van der Waals surface area contributed by atoms with Crippen molar-refractivity contribution >= 4 is 35.8 Å². The monoisotopic (exact) mass is 578 g/mol. The normalized spacial score (nSPS) is 20.0. The molecule has 2 aliphatic heterocycles. The average molecular weight is 579 g/mol. The lowest BCUT2D eigenvalue weighted by Gasteiger charge is -2.39. The molecule has 1 unspecified atom stereocenters. The number of aldehydes is 1. The van der Waals surface area contributed by atoms with Crippen LogP contribution in [0.25, 0.3) is 6.08 Å². The molecule has 0 bridgehead atoms. The molecule has 1 aromatic carbocycles. The van der Waals surface area contributed by atoms with Gasteiger partial charge >= 0.3 is 0 Å². The summed E-state index contributed by atoms with van der Waals surface area (Å²) in [6.45, 7) is 8.93. The van der Waals surface area contributed by atoms with E-state index in [9.17, 15) is 14.4 Å². The lowest BCUT2D eigenvalue weighted by atomic mass is 9.92. The Hall–Kier alpha value is -3.36. The molecule has 0 spiro atoms. The van der Waals surface area contributed by atoms with Crippen molar-refractivity contribution in [3.8, 4) is 5.75 Å². The van der Waals surface area contributed by atoms with Gasteiger partial charge in [0.2, 0.25) is 11.8 Å². The molecule has 1 saturated heterocycles.